The van der Waals surface area contributed by atoms with E-state index in [0.29, 0.717) is 5.56 Å². The lowest BCUT2D eigenvalue weighted by Gasteiger charge is -2.23. The minimum absolute atomic E-state index is 0.0307. The van der Waals surface area contributed by atoms with E-state index in [1.54, 1.807) is 30.3 Å². The number of carbonyl (C=O) groups excluding carboxylic acids is 4. The summed E-state index contributed by atoms with van der Waals surface area (Å²) >= 11 is 3.98. The van der Waals surface area contributed by atoms with Gasteiger partial charge in [0, 0.05) is 12.2 Å². The molecular formula is C24H35N5O8S. The van der Waals surface area contributed by atoms with E-state index < -0.39 is 72.7 Å². The number of hydrogen-bond acceptors (Lipinski definition) is 8. The fourth-order valence-corrected chi connectivity index (χ4v) is 3.57. The minimum Gasteiger partial charge on any atom is -0.481 e. The average Bonchev–Trinajstić information content (AvgIpc) is 2.84. The second-order valence-electron chi connectivity index (χ2n) is 9.00. The average molecular weight is 554 g/mol. The molecule has 210 valence electrons. The molecule has 8 N–H and O–H groups in total. The summed E-state index contributed by atoms with van der Waals surface area (Å²) in [6.45, 7) is 3.10. The summed E-state index contributed by atoms with van der Waals surface area (Å²) in [5.74, 6) is -5.76. The Hall–Kier alpha value is -3.65. The van der Waals surface area contributed by atoms with Gasteiger partial charge in [-0.05, 0) is 17.9 Å². The molecule has 4 amide bonds. The normalized spacial score (nSPS) is 13.9. The summed E-state index contributed by atoms with van der Waals surface area (Å²) in [6.07, 6.45) is -0.379. The Morgan fingerprint density at radius 3 is 2.00 bits per heavy atom. The van der Waals surface area contributed by atoms with Gasteiger partial charge in [0.2, 0.25) is 23.6 Å². The number of carboxylic acid groups (broad SMARTS) is 2. The lowest BCUT2D eigenvalue weighted by atomic mass is 10.0. The molecule has 1 aromatic carbocycles. The van der Waals surface area contributed by atoms with Crippen molar-refractivity contribution in [2.75, 3.05) is 12.3 Å². The molecule has 38 heavy (non-hydrogen) atoms. The molecule has 0 saturated carbocycles. The van der Waals surface area contributed by atoms with Crippen molar-refractivity contribution in [2.24, 2.45) is 11.7 Å². The van der Waals surface area contributed by atoms with Crippen LogP contribution in [0.3, 0.4) is 0 Å². The molecule has 0 aliphatic carbocycles. The van der Waals surface area contributed by atoms with Crippen LogP contribution in [0.5, 0.6) is 0 Å². The number of carbonyl (C=O) groups is 6. The van der Waals surface area contributed by atoms with Crippen LogP contribution in [0.1, 0.15) is 32.3 Å². The van der Waals surface area contributed by atoms with E-state index >= 15 is 0 Å². The molecule has 0 aliphatic rings. The maximum atomic E-state index is 12.9. The molecule has 1 aromatic rings. The number of rotatable bonds is 16. The third-order valence-electron chi connectivity index (χ3n) is 5.23. The molecule has 0 fully saturated rings. The SMILES string of the molecule is CC(C)CC(NC(=O)CNC(=O)C(CS)NC(=O)C(N)CC(=O)O)C(=O)NC(Cc1ccccc1)C(=O)O. The van der Waals surface area contributed by atoms with Crippen molar-refractivity contribution in [3.8, 4) is 0 Å². The molecule has 0 saturated heterocycles. The Balaban J connectivity index is 2.74. The molecule has 0 aromatic heterocycles. The molecule has 0 heterocycles. The topological polar surface area (TPSA) is 217 Å². The highest BCUT2D eigenvalue weighted by atomic mass is 32.1. The summed E-state index contributed by atoms with van der Waals surface area (Å²) in [7, 11) is 0. The molecule has 0 radical (unpaired) electrons. The summed E-state index contributed by atoms with van der Waals surface area (Å²) in [4.78, 5) is 72.2. The minimum atomic E-state index is -1.38. The number of carboxylic acids is 2. The van der Waals surface area contributed by atoms with Gasteiger partial charge in [-0.1, -0.05) is 44.2 Å². The van der Waals surface area contributed by atoms with Gasteiger partial charge in [0.1, 0.15) is 18.1 Å². The first kappa shape index (κ1) is 32.4. The van der Waals surface area contributed by atoms with E-state index in [9.17, 15) is 33.9 Å². The highest BCUT2D eigenvalue weighted by Crippen LogP contribution is 2.08. The Kier molecular flexibility index (Phi) is 13.8. The molecule has 1 rings (SSSR count). The van der Waals surface area contributed by atoms with Crippen molar-refractivity contribution >= 4 is 48.2 Å². The summed E-state index contributed by atoms with van der Waals surface area (Å²) < 4.78 is 0. The zero-order chi connectivity index (χ0) is 28.8. The van der Waals surface area contributed by atoms with E-state index in [2.05, 4.69) is 33.9 Å². The quantitative estimate of drug-likeness (QED) is 0.113. The number of hydrogen-bond donors (Lipinski definition) is 8. The van der Waals surface area contributed by atoms with Crippen LogP contribution >= 0.6 is 12.6 Å². The molecule has 13 nitrogen and oxygen atoms in total. The monoisotopic (exact) mass is 553 g/mol. The number of aliphatic carboxylic acids is 2. The number of nitrogens with two attached hydrogens (primary N) is 1. The van der Waals surface area contributed by atoms with Crippen LogP contribution in [0, 0.1) is 5.92 Å². The first-order valence-electron chi connectivity index (χ1n) is 11.9. The van der Waals surface area contributed by atoms with Crippen LogP contribution in [-0.2, 0) is 35.2 Å². The van der Waals surface area contributed by atoms with Crippen molar-refractivity contribution in [1.29, 1.82) is 0 Å². The Morgan fingerprint density at radius 1 is 0.868 bits per heavy atom. The van der Waals surface area contributed by atoms with Crippen LogP contribution in [0.2, 0.25) is 0 Å². The van der Waals surface area contributed by atoms with Gasteiger partial charge in [-0.2, -0.15) is 12.6 Å². The maximum absolute atomic E-state index is 12.9. The number of benzene rings is 1. The fourth-order valence-electron chi connectivity index (χ4n) is 3.31. The Bertz CT molecular complexity index is 991. The van der Waals surface area contributed by atoms with E-state index in [0.717, 1.165) is 0 Å². The third-order valence-corrected chi connectivity index (χ3v) is 5.59. The van der Waals surface area contributed by atoms with Crippen molar-refractivity contribution in [2.45, 2.75) is 57.3 Å². The van der Waals surface area contributed by atoms with Gasteiger partial charge in [0.15, 0.2) is 0 Å². The highest BCUT2D eigenvalue weighted by Gasteiger charge is 2.28. The maximum Gasteiger partial charge on any atom is 0.326 e. The van der Waals surface area contributed by atoms with Crippen molar-refractivity contribution in [1.82, 2.24) is 21.3 Å². The second kappa shape index (κ2) is 16.2. The second-order valence-corrected chi connectivity index (χ2v) is 9.37. The third kappa shape index (κ3) is 12.1. The molecule has 0 bridgehead atoms. The predicted molar refractivity (Wildman–Crippen MR) is 140 cm³/mol. The van der Waals surface area contributed by atoms with Crippen LogP contribution in [0.25, 0.3) is 0 Å². The van der Waals surface area contributed by atoms with Gasteiger partial charge in [0.25, 0.3) is 0 Å². The van der Waals surface area contributed by atoms with Gasteiger partial charge in [0.05, 0.1) is 19.0 Å². The first-order chi connectivity index (χ1) is 17.8. The van der Waals surface area contributed by atoms with Crippen LogP contribution in [-0.4, -0.2) is 82.2 Å². The van der Waals surface area contributed by atoms with E-state index in [-0.39, 0.29) is 24.5 Å². The van der Waals surface area contributed by atoms with Crippen molar-refractivity contribution in [3.63, 3.8) is 0 Å². The van der Waals surface area contributed by atoms with Gasteiger partial charge in [-0.3, -0.25) is 24.0 Å². The van der Waals surface area contributed by atoms with Gasteiger partial charge < -0.3 is 37.2 Å². The lowest BCUT2D eigenvalue weighted by molar-refractivity contribution is -0.142. The summed E-state index contributed by atoms with van der Waals surface area (Å²) in [5.41, 5.74) is 6.18. The summed E-state index contributed by atoms with van der Waals surface area (Å²) in [5, 5.41) is 27.8. The smallest absolute Gasteiger partial charge is 0.326 e. The number of nitrogens with one attached hydrogen (secondary N) is 4. The zero-order valence-electron chi connectivity index (χ0n) is 21.2. The van der Waals surface area contributed by atoms with Crippen LogP contribution < -0.4 is 27.0 Å². The van der Waals surface area contributed by atoms with E-state index in [1.807, 2.05) is 13.8 Å². The molecule has 0 aliphatic heterocycles. The largest absolute Gasteiger partial charge is 0.481 e. The van der Waals surface area contributed by atoms with Gasteiger partial charge in [-0.15, -0.1) is 0 Å². The molecule has 4 atom stereocenters. The lowest BCUT2D eigenvalue weighted by Crippen LogP contribution is -2.56. The van der Waals surface area contributed by atoms with E-state index in [4.69, 9.17) is 10.8 Å². The predicted octanol–water partition coefficient (Wildman–Crippen LogP) is -1.34. The number of thiol groups is 1. The van der Waals surface area contributed by atoms with Crippen LogP contribution in [0.4, 0.5) is 0 Å². The number of amides is 4. The van der Waals surface area contributed by atoms with Crippen molar-refractivity contribution in [3.05, 3.63) is 35.9 Å². The molecule has 4 unspecified atom stereocenters. The highest BCUT2D eigenvalue weighted by molar-refractivity contribution is 7.80. The molecular weight excluding hydrogens is 518 g/mol. The zero-order valence-corrected chi connectivity index (χ0v) is 22.1. The van der Waals surface area contributed by atoms with Gasteiger partial charge in [-0.25, -0.2) is 4.79 Å². The molecule has 14 heteroatoms. The van der Waals surface area contributed by atoms with Crippen LogP contribution in [0.15, 0.2) is 30.3 Å². The Labute approximate surface area is 225 Å². The van der Waals surface area contributed by atoms with E-state index in [1.165, 1.54) is 0 Å². The standard InChI is InChI=1S/C24H35N5O8S/c1-13(2)8-16(23(35)28-17(24(36)37)9-14-6-4-3-5-7-14)27-19(30)11-26-22(34)18(12-38)29-21(33)15(25)10-20(31)32/h3-7,13,15-18,38H,8-12,25H2,1-2H3,(H,26,34)(H,27,30)(H,28,35)(H,29,33)(H,31,32)(H,36,37). The molecule has 0 spiro atoms. The first-order valence-corrected chi connectivity index (χ1v) is 12.5. The fraction of sp³-hybridized carbons (Fsp3) is 0.500. The Morgan fingerprint density at radius 2 is 1.47 bits per heavy atom. The van der Waals surface area contributed by atoms with Gasteiger partial charge >= 0.3 is 11.9 Å². The van der Waals surface area contributed by atoms with Crippen molar-refractivity contribution < 1.29 is 39.0 Å². The summed E-state index contributed by atoms with van der Waals surface area (Å²) in [6, 6.07) is 3.90.